The van der Waals surface area contributed by atoms with Gasteiger partial charge in [-0.05, 0) is 36.8 Å². The molecule has 19 heavy (non-hydrogen) atoms. The fraction of sp³-hybridized carbons (Fsp3) is 0.500. The summed E-state index contributed by atoms with van der Waals surface area (Å²) in [6.07, 6.45) is 3.79. The van der Waals surface area contributed by atoms with E-state index < -0.39 is 0 Å². The van der Waals surface area contributed by atoms with E-state index in [-0.39, 0.29) is 0 Å². The molecular formula is C14H19N3O2. The molecule has 1 aromatic carbocycles. The molecule has 5 heteroatoms. The van der Waals surface area contributed by atoms with E-state index in [1.54, 1.807) is 14.2 Å². The van der Waals surface area contributed by atoms with Gasteiger partial charge in [0.05, 0.1) is 25.9 Å². The van der Waals surface area contributed by atoms with Crippen LogP contribution in [0.15, 0.2) is 23.2 Å². The monoisotopic (exact) mass is 261 g/mol. The molecule has 0 aromatic heterocycles. The van der Waals surface area contributed by atoms with Crippen LogP contribution >= 0.6 is 0 Å². The number of nitrogens with zero attached hydrogens (tertiary/aromatic N) is 1. The van der Waals surface area contributed by atoms with E-state index in [2.05, 4.69) is 10.3 Å². The van der Waals surface area contributed by atoms with E-state index >= 15 is 0 Å². The number of ether oxygens (including phenoxy) is 2. The number of nitrogens with two attached hydrogens (primary N) is 1. The molecule has 2 aliphatic rings. The summed E-state index contributed by atoms with van der Waals surface area (Å²) in [6.45, 7) is 0. The van der Waals surface area contributed by atoms with Gasteiger partial charge in [-0.1, -0.05) is 0 Å². The largest absolute Gasteiger partial charge is 0.497 e. The first-order valence-corrected chi connectivity index (χ1v) is 6.49. The minimum atomic E-state index is 0.414. The Morgan fingerprint density at radius 1 is 1.37 bits per heavy atom. The number of methoxy groups -OCH3 is 2. The first-order chi connectivity index (χ1) is 9.16. The molecule has 1 spiro atoms. The number of rotatable bonds is 4. The number of hydrogen-bond donors (Lipinski definition) is 2. The number of aliphatic imine (C=N–C) groups is 1. The van der Waals surface area contributed by atoms with Crippen molar-refractivity contribution >= 4 is 11.6 Å². The Bertz CT molecular complexity index is 523. The van der Waals surface area contributed by atoms with Crippen molar-refractivity contribution in [1.82, 2.24) is 0 Å². The second-order valence-corrected chi connectivity index (χ2v) is 5.29. The third-order valence-electron chi connectivity index (χ3n) is 4.00. The van der Waals surface area contributed by atoms with Gasteiger partial charge >= 0.3 is 0 Å². The van der Waals surface area contributed by atoms with Crippen molar-refractivity contribution in [2.24, 2.45) is 16.1 Å². The molecule has 0 aliphatic heterocycles. The third-order valence-corrected chi connectivity index (χ3v) is 4.00. The van der Waals surface area contributed by atoms with Crippen molar-refractivity contribution in [3.8, 4) is 11.5 Å². The lowest BCUT2D eigenvalue weighted by molar-refractivity contribution is 0.405. The second-order valence-electron chi connectivity index (χ2n) is 5.29. The minimum Gasteiger partial charge on any atom is -0.497 e. The molecule has 1 aromatic rings. The first kappa shape index (κ1) is 12.1. The number of hydrogen-bond acceptors (Lipinski definition) is 3. The second kappa shape index (κ2) is 4.33. The fourth-order valence-corrected chi connectivity index (χ4v) is 2.46. The van der Waals surface area contributed by atoms with Gasteiger partial charge in [-0.25, -0.2) is 4.99 Å². The van der Waals surface area contributed by atoms with Gasteiger partial charge in [0.2, 0.25) is 0 Å². The summed E-state index contributed by atoms with van der Waals surface area (Å²) in [5.41, 5.74) is 7.24. The van der Waals surface area contributed by atoms with Crippen LogP contribution in [0.3, 0.4) is 0 Å². The molecule has 1 atom stereocenters. The summed E-state index contributed by atoms with van der Waals surface area (Å²) >= 11 is 0. The van der Waals surface area contributed by atoms with Crippen LogP contribution in [0.4, 0.5) is 5.69 Å². The van der Waals surface area contributed by atoms with Crippen LogP contribution in [0.5, 0.6) is 11.5 Å². The van der Waals surface area contributed by atoms with Gasteiger partial charge in [0.15, 0.2) is 5.96 Å². The third kappa shape index (κ3) is 2.32. The Balaban J connectivity index is 1.74. The molecule has 2 saturated carbocycles. The maximum atomic E-state index is 5.95. The van der Waals surface area contributed by atoms with Gasteiger partial charge in [-0.2, -0.15) is 0 Å². The van der Waals surface area contributed by atoms with Gasteiger partial charge < -0.3 is 20.5 Å². The van der Waals surface area contributed by atoms with Gasteiger partial charge in [-0.3, -0.25) is 0 Å². The molecule has 102 valence electrons. The van der Waals surface area contributed by atoms with Crippen molar-refractivity contribution in [2.45, 2.75) is 25.3 Å². The lowest BCUT2D eigenvalue weighted by Crippen LogP contribution is -2.23. The average molecular weight is 261 g/mol. The smallest absolute Gasteiger partial charge is 0.193 e. The Labute approximate surface area is 112 Å². The molecule has 3 N–H and O–H groups in total. The van der Waals surface area contributed by atoms with E-state index in [0.717, 1.165) is 17.2 Å². The van der Waals surface area contributed by atoms with Crippen molar-refractivity contribution in [3.63, 3.8) is 0 Å². The van der Waals surface area contributed by atoms with Gasteiger partial charge in [0, 0.05) is 6.07 Å². The lowest BCUT2D eigenvalue weighted by Gasteiger charge is -2.12. The van der Waals surface area contributed by atoms with E-state index in [0.29, 0.717) is 17.4 Å². The molecule has 5 nitrogen and oxygen atoms in total. The Morgan fingerprint density at radius 2 is 2.16 bits per heavy atom. The quantitative estimate of drug-likeness (QED) is 0.642. The summed E-state index contributed by atoms with van der Waals surface area (Å²) in [7, 11) is 3.25. The average Bonchev–Trinajstić information content (AvgIpc) is 3.31. The van der Waals surface area contributed by atoms with Crippen LogP contribution < -0.4 is 20.5 Å². The highest BCUT2D eigenvalue weighted by atomic mass is 16.5. The van der Waals surface area contributed by atoms with Crippen molar-refractivity contribution in [2.75, 3.05) is 19.5 Å². The molecule has 0 heterocycles. The predicted molar refractivity (Wildman–Crippen MR) is 74.9 cm³/mol. The Hall–Kier alpha value is -1.91. The zero-order valence-electron chi connectivity index (χ0n) is 11.3. The molecule has 1 unspecified atom stereocenters. The van der Waals surface area contributed by atoms with Gasteiger partial charge in [-0.15, -0.1) is 0 Å². The maximum absolute atomic E-state index is 5.95. The maximum Gasteiger partial charge on any atom is 0.193 e. The lowest BCUT2D eigenvalue weighted by atomic mass is 10.2. The van der Waals surface area contributed by atoms with Crippen LogP contribution in [0.25, 0.3) is 0 Å². The van der Waals surface area contributed by atoms with Crippen LogP contribution in [-0.4, -0.2) is 26.2 Å². The molecule has 2 fully saturated rings. The SMILES string of the molecule is COc1ccc(OC)c(NC(N)=NC2CC23CC3)c1. The van der Waals surface area contributed by atoms with Gasteiger partial charge in [0.1, 0.15) is 11.5 Å². The molecule has 0 saturated heterocycles. The predicted octanol–water partition coefficient (Wildman–Crippen LogP) is 1.98. The Morgan fingerprint density at radius 3 is 2.74 bits per heavy atom. The zero-order chi connectivity index (χ0) is 13.5. The molecule has 0 bridgehead atoms. The van der Waals surface area contributed by atoms with E-state index in [1.807, 2.05) is 18.2 Å². The molecule has 3 rings (SSSR count). The summed E-state index contributed by atoms with van der Waals surface area (Å²) in [5.74, 6) is 1.91. The first-order valence-electron chi connectivity index (χ1n) is 6.49. The summed E-state index contributed by atoms with van der Waals surface area (Å²) in [4.78, 5) is 4.52. The van der Waals surface area contributed by atoms with E-state index in [4.69, 9.17) is 15.2 Å². The van der Waals surface area contributed by atoms with Crippen LogP contribution in [-0.2, 0) is 0 Å². The van der Waals surface area contributed by atoms with Crippen LogP contribution in [0.2, 0.25) is 0 Å². The normalized spacial score (nSPS) is 23.1. The number of guanidine groups is 1. The highest BCUT2D eigenvalue weighted by molar-refractivity contribution is 5.94. The van der Waals surface area contributed by atoms with Crippen LogP contribution in [0, 0.1) is 5.41 Å². The van der Waals surface area contributed by atoms with E-state index in [1.165, 1.54) is 19.3 Å². The minimum absolute atomic E-state index is 0.414. The van der Waals surface area contributed by atoms with Crippen molar-refractivity contribution in [1.29, 1.82) is 0 Å². The Kier molecular flexibility index (Phi) is 2.77. The van der Waals surface area contributed by atoms with Crippen molar-refractivity contribution in [3.05, 3.63) is 18.2 Å². The summed E-state index contributed by atoms with van der Waals surface area (Å²) in [5, 5.41) is 3.10. The summed E-state index contributed by atoms with van der Waals surface area (Å²) < 4.78 is 10.5. The molecular weight excluding hydrogens is 242 g/mol. The van der Waals surface area contributed by atoms with Crippen molar-refractivity contribution < 1.29 is 9.47 Å². The van der Waals surface area contributed by atoms with Crippen LogP contribution in [0.1, 0.15) is 19.3 Å². The topological polar surface area (TPSA) is 68.9 Å². The number of nitrogens with one attached hydrogen (secondary N) is 1. The standard InChI is InChI=1S/C14H19N3O2/c1-18-9-3-4-11(19-2)10(7-9)16-13(15)17-12-8-14(12)5-6-14/h3-4,7,12H,5-6,8H2,1-2H3,(H3,15,16,17). The molecule has 0 amide bonds. The highest BCUT2D eigenvalue weighted by Gasteiger charge is 2.63. The molecule has 0 radical (unpaired) electrons. The van der Waals surface area contributed by atoms with E-state index in [9.17, 15) is 0 Å². The fourth-order valence-electron chi connectivity index (χ4n) is 2.46. The summed E-state index contributed by atoms with van der Waals surface area (Å²) in [6, 6.07) is 5.95. The highest BCUT2D eigenvalue weighted by Crippen LogP contribution is 2.67. The number of anilines is 1. The van der Waals surface area contributed by atoms with Gasteiger partial charge in [0.25, 0.3) is 0 Å². The zero-order valence-corrected chi connectivity index (χ0v) is 11.3. The number of benzene rings is 1. The molecule has 2 aliphatic carbocycles.